The quantitative estimate of drug-likeness (QED) is 0.132. The van der Waals surface area contributed by atoms with Gasteiger partial charge in [-0.05, 0) is 57.3 Å². The van der Waals surface area contributed by atoms with Crippen molar-refractivity contribution < 1.29 is 24.5 Å². The molecule has 219 valence electrons. The molecule has 0 fully saturated rings. The van der Waals surface area contributed by atoms with Crippen molar-refractivity contribution in [2.75, 3.05) is 0 Å². The van der Waals surface area contributed by atoms with Crippen LogP contribution in [-0.2, 0) is 20.1 Å². The molecule has 0 saturated carbocycles. The minimum absolute atomic E-state index is 0. The molecule has 0 unspecified atom stereocenters. The van der Waals surface area contributed by atoms with Crippen molar-refractivity contribution in [3.63, 3.8) is 0 Å². The maximum atomic E-state index is 6.05. The normalized spacial score (nSPS) is 11.5. The first-order chi connectivity index (χ1) is 20.8. The predicted octanol–water partition coefficient (Wildman–Crippen LogP) is 10.2. The summed E-state index contributed by atoms with van der Waals surface area (Å²) in [5.41, 5.74) is 7.03. The zero-order valence-corrected chi connectivity index (χ0v) is 29.1. The van der Waals surface area contributed by atoms with E-state index in [1.54, 1.807) is 11.3 Å². The van der Waals surface area contributed by atoms with Gasteiger partial charge in [0.05, 0.1) is 8.07 Å². The third kappa shape index (κ3) is 5.79. The van der Waals surface area contributed by atoms with Crippen LogP contribution in [0.4, 0.5) is 0 Å². The van der Waals surface area contributed by atoms with Gasteiger partial charge in [-0.3, -0.25) is 0 Å². The molecule has 4 aromatic carbocycles. The van der Waals surface area contributed by atoms with E-state index in [1.807, 2.05) is 67.0 Å². The van der Waals surface area contributed by atoms with Gasteiger partial charge in [-0.25, -0.2) is 0 Å². The van der Waals surface area contributed by atoms with Crippen molar-refractivity contribution in [3.8, 4) is 22.5 Å². The van der Waals surface area contributed by atoms with Crippen LogP contribution in [0.2, 0.25) is 19.6 Å². The van der Waals surface area contributed by atoms with Crippen LogP contribution in [0.5, 0.6) is 0 Å². The smallest absolute Gasteiger partial charge is 0.135 e. The summed E-state index contributed by atoms with van der Waals surface area (Å²) < 4.78 is 8.58. The summed E-state index contributed by atoms with van der Waals surface area (Å²) in [6, 6.07) is 39.7. The Morgan fingerprint density at radius 2 is 1.50 bits per heavy atom. The summed E-state index contributed by atoms with van der Waals surface area (Å²) in [5.74, 6) is 0. The number of hydrogen-bond acceptors (Lipinski definition) is 4. The Hall–Kier alpha value is -3.93. The van der Waals surface area contributed by atoms with Crippen LogP contribution in [0.1, 0.15) is 5.56 Å². The van der Waals surface area contributed by atoms with Gasteiger partial charge in [0.2, 0.25) is 0 Å². The SMILES string of the molecule is C[Si](C)(C)c1ccc(-c2[c-]cccc2)nc1.Cc1ccc2c(c1)sc1c(-c3cc4oc5ccccc5c4cn3)[c-]ccc12.[Ir]. The molecule has 0 bridgehead atoms. The molecule has 0 saturated heterocycles. The van der Waals surface area contributed by atoms with E-state index in [1.165, 1.54) is 30.9 Å². The van der Waals surface area contributed by atoms with Gasteiger partial charge >= 0.3 is 0 Å². The number of aromatic nitrogens is 2. The molecule has 0 N–H and O–H groups in total. The van der Waals surface area contributed by atoms with E-state index in [-0.39, 0.29) is 20.1 Å². The maximum absolute atomic E-state index is 6.05. The summed E-state index contributed by atoms with van der Waals surface area (Å²) in [6.45, 7) is 9.13. The Kier molecular flexibility index (Phi) is 8.36. The van der Waals surface area contributed by atoms with E-state index in [0.717, 1.165) is 44.5 Å². The first-order valence-corrected chi connectivity index (χ1v) is 18.7. The second-order valence-corrected chi connectivity index (χ2v) is 17.9. The van der Waals surface area contributed by atoms with E-state index in [0.29, 0.717) is 0 Å². The molecule has 44 heavy (non-hydrogen) atoms. The standard InChI is InChI=1S/C24H14NOS.C14H16NSi.Ir/c1-14-9-10-16-17-6-4-7-18(24(17)27-23(16)11-14)20-12-22-19(13-25-20)15-5-2-3-8-21(15)26-22;1-16(2,3)13-9-10-14(15-11-13)12-7-5-4-6-8-12;/h2-6,8-13H,1H3;4-7,9-11H,1-3H3;/q2*-1;. The number of hydrogen-bond donors (Lipinski definition) is 0. The van der Waals surface area contributed by atoms with E-state index in [9.17, 15) is 0 Å². The fourth-order valence-electron chi connectivity index (χ4n) is 5.35. The molecular formula is C38H30IrN2OSSi-2. The summed E-state index contributed by atoms with van der Waals surface area (Å²) in [4.78, 5) is 9.27. The summed E-state index contributed by atoms with van der Waals surface area (Å²) >= 11 is 1.81. The molecule has 1 radical (unpaired) electrons. The molecule has 4 heterocycles. The van der Waals surface area contributed by atoms with Crippen molar-refractivity contribution in [2.45, 2.75) is 26.6 Å². The third-order valence-electron chi connectivity index (χ3n) is 7.72. The Labute approximate surface area is 276 Å². The minimum atomic E-state index is -1.23. The molecule has 0 atom stereocenters. The molecule has 8 aromatic rings. The van der Waals surface area contributed by atoms with Gasteiger partial charge in [0.15, 0.2) is 0 Å². The fraction of sp³-hybridized carbons (Fsp3) is 0.105. The number of para-hydroxylation sites is 1. The average molecular weight is 783 g/mol. The number of furan rings is 1. The summed E-state index contributed by atoms with van der Waals surface area (Å²) in [7, 11) is -1.23. The number of benzene rings is 4. The fourth-order valence-corrected chi connectivity index (χ4v) is 7.69. The van der Waals surface area contributed by atoms with Crippen LogP contribution in [0.3, 0.4) is 0 Å². The molecule has 4 aromatic heterocycles. The first kappa shape index (κ1) is 30.1. The van der Waals surface area contributed by atoms with Crippen LogP contribution in [0, 0.1) is 19.1 Å². The van der Waals surface area contributed by atoms with Crippen LogP contribution >= 0.6 is 11.3 Å². The first-order valence-electron chi connectivity index (χ1n) is 14.4. The third-order valence-corrected chi connectivity index (χ3v) is 10.9. The van der Waals surface area contributed by atoms with Crippen LogP contribution in [0.15, 0.2) is 114 Å². The van der Waals surface area contributed by atoms with Gasteiger partial charge in [0.25, 0.3) is 0 Å². The largest absolute Gasteiger partial charge is 0.457 e. The van der Waals surface area contributed by atoms with Gasteiger partial charge in [-0.2, -0.15) is 11.3 Å². The van der Waals surface area contributed by atoms with E-state index in [4.69, 9.17) is 9.40 Å². The zero-order chi connectivity index (χ0) is 29.6. The Balaban J connectivity index is 0.000000174. The van der Waals surface area contributed by atoms with Gasteiger partial charge in [0, 0.05) is 48.0 Å². The number of rotatable bonds is 3. The molecule has 8 rings (SSSR count). The minimum Gasteiger partial charge on any atom is -0.457 e. The second-order valence-electron chi connectivity index (χ2n) is 11.8. The van der Waals surface area contributed by atoms with Crippen molar-refractivity contribution in [3.05, 3.63) is 127 Å². The van der Waals surface area contributed by atoms with Crippen molar-refractivity contribution in [2.24, 2.45) is 0 Å². The van der Waals surface area contributed by atoms with Gasteiger partial charge < -0.3 is 14.4 Å². The number of nitrogens with zero attached hydrogens (tertiary/aromatic N) is 2. The Morgan fingerprint density at radius 1 is 0.682 bits per heavy atom. The predicted molar refractivity (Wildman–Crippen MR) is 185 cm³/mol. The number of thiophene rings is 1. The summed E-state index contributed by atoms with van der Waals surface area (Å²) in [5, 5.41) is 6.10. The molecule has 0 spiro atoms. The van der Waals surface area contributed by atoms with Crippen LogP contribution < -0.4 is 5.19 Å². The summed E-state index contributed by atoms with van der Waals surface area (Å²) in [6.07, 6.45) is 3.93. The molecule has 3 nitrogen and oxygen atoms in total. The average Bonchev–Trinajstić information content (AvgIpc) is 3.58. The van der Waals surface area contributed by atoms with Crippen LogP contribution in [-0.4, -0.2) is 18.0 Å². The van der Waals surface area contributed by atoms with Crippen molar-refractivity contribution >= 4 is 66.7 Å². The van der Waals surface area contributed by atoms with E-state index < -0.39 is 8.07 Å². The van der Waals surface area contributed by atoms with Gasteiger partial charge in [-0.15, -0.1) is 59.7 Å². The Bertz CT molecular complexity index is 2230. The van der Waals surface area contributed by atoms with Crippen LogP contribution in [0.25, 0.3) is 64.6 Å². The number of fused-ring (bicyclic) bond motifs is 6. The van der Waals surface area contributed by atoms with E-state index in [2.05, 4.69) is 86.1 Å². The van der Waals surface area contributed by atoms with Gasteiger partial charge in [0.1, 0.15) is 11.2 Å². The number of aryl methyl sites for hydroxylation is 1. The van der Waals surface area contributed by atoms with Gasteiger partial charge in [-0.1, -0.05) is 67.5 Å². The van der Waals surface area contributed by atoms with E-state index >= 15 is 0 Å². The molecule has 6 heteroatoms. The molecule has 0 aliphatic heterocycles. The maximum Gasteiger partial charge on any atom is 0.135 e. The zero-order valence-electron chi connectivity index (χ0n) is 24.9. The van der Waals surface area contributed by atoms with Crippen molar-refractivity contribution in [1.82, 2.24) is 9.97 Å². The molecule has 0 amide bonds. The monoisotopic (exact) mass is 783 g/mol. The second kappa shape index (κ2) is 12.2. The molecule has 0 aliphatic rings. The topological polar surface area (TPSA) is 38.9 Å². The molecule has 0 aliphatic carbocycles. The Morgan fingerprint density at radius 3 is 2.27 bits per heavy atom. The molecular weight excluding hydrogens is 753 g/mol. The number of pyridine rings is 2. The van der Waals surface area contributed by atoms with Crippen molar-refractivity contribution in [1.29, 1.82) is 0 Å².